The predicted molar refractivity (Wildman–Crippen MR) is 443 cm³/mol. The Morgan fingerprint density at radius 1 is 0.339 bits per heavy atom. The van der Waals surface area contributed by atoms with Crippen molar-refractivity contribution < 1.29 is 103 Å². The van der Waals surface area contributed by atoms with E-state index in [9.17, 15) is 89.4 Å². The molecule has 15 rings (SSSR count). The summed E-state index contributed by atoms with van der Waals surface area (Å²) in [5.74, 6) is -2.56. The molecule has 2 N–H and O–H groups in total. The lowest BCUT2D eigenvalue weighted by Crippen LogP contribution is -2.38. The van der Waals surface area contributed by atoms with Gasteiger partial charge in [-0.25, -0.2) is 17.6 Å². The molecule has 0 atom stereocenters. The van der Waals surface area contributed by atoms with Gasteiger partial charge in [0.1, 0.15) is 71.0 Å². The van der Waals surface area contributed by atoms with E-state index in [4.69, 9.17) is 14.2 Å². The molecule has 0 radical (unpaired) electrons. The van der Waals surface area contributed by atoms with Crippen LogP contribution in [0, 0.1) is 23.3 Å². The van der Waals surface area contributed by atoms with Gasteiger partial charge < -0.3 is 43.8 Å². The summed E-state index contributed by atoms with van der Waals surface area (Å²) >= 11 is 0. The third kappa shape index (κ3) is 26.6. The molecule has 0 saturated carbocycles. The van der Waals surface area contributed by atoms with Crippen LogP contribution < -0.4 is 61.3 Å². The average Bonchev–Trinajstić information content (AvgIpc) is 0.798. The molecule has 127 heavy (non-hydrogen) atoms. The minimum absolute atomic E-state index is 0.210. The van der Waals surface area contributed by atoms with Crippen molar-refractivity contribution in [2.75, 3.05) is 57.1 Å². The third-order valence-corrected chi connectivity index (χ3v) is 18.8. The Labute approximate surface area is 712 Å². The number of aromatic nitrogens is 4. The fourth-order valence-electron chi connectivity index (χ4n) is 12.8. The van der Waals surface area contributed by atoms with Crippen molar-refractivity contribution in [3.8, 4) is 102 Å². The second-order valence-electron chi connectivity index (χ2n) is 27.5. The van der Waals surface area contributed by atoms with Crippen molar-refractivity contribution in [3.63, 3.8) is 0 Å². The molecule has 10 aromatic carbocycles. The van der Waals surface area contributed by atoms with Gasteiger partial charge >= 0.3 is 25.4 Å². The maximum atomic E-state index is 13.5. The highest BCUT2D eigenvalue weighted by atomic mass is 19.4. The molecule has 4 aromatic heterocycles. The first kappa shape index (κ1) is 91.4. The van der Waals surface area contributed by atoms with E-state index in [2.05, 4.69) is 34.5 Å². The second kappa shape index (κ2) is 41.1. The number of rotatable bonds is 23. The predicted octanol–water partition coefficient (Wildman–Crippen LogP) is 21.1. The lowest BCUT2D eigenvalue weighted by molar-refractivity contribution is -0.275. The zero-order chi connectivity index (χ0) is 90.6. The van der Waals surface area contributed by atoms with E-state index in [1.807, 2.05) is 60.7 Å². The number of hydrogen-bond acceptors (Lipinski definition) is 14. The zero-order valence-corrected chi connectivity index (χ0v) is 66.3. The van der Waals surface area contributed by atoms with Gasteiger partial charge in [-0.15, -0.1) is 52.7 Å². The van der Waals surface area contributed by atoms with Crippen LogP contribution in [0.25, 0.3) is 67.3 Å². The fraction of sp³-hybridized carbons (Fsp3) is 0.140. The minimum atomic E-state index is -4.81. The Morgan fingerprint density at radius 3 is 0.961 bits per heavy atom. The van der Waals surface area contributed by atoms with Crippen molar-refractivity contribution in [1.29, 1.82) is 0 Å². The summed E-state index contributed by atoms with van der Waals surface area (Å²) < 4.78 is 240. The number of benzene rings is 10. The SMILES string of the molecule is CNc1cc(=O)n(-c2ccc(OC(F)(F)F)cc2)cc1-c1ccc(F)cc1.O=c1cc(NCc2ccccc2)c(-c2ccc(F)cc2)cn1-c1ccc(OC(F)(F)F)cc1.O=c1cc(OCCN2CCOCC2)c(-c2ccc(F)cc2)cn1-c1ccc(OC(F)(F)F)cc1.O=c1cc(OCc2ccccc2)c(-c2ccc(F)cc2)cn1-c1ccc(OC(F)(F)F)cc1. The van der Waals surface area contributed by atoms with Crippen molar-refractivity contribution >= 4 is 11.4 Å². The standard InChI is InChI=1S/C25H18F4N2O2.C25H17F4NO3.C24H22F4N2O4.C19H14F4N2O2/c26-19-8-6-18(7-9-19)22-16-31(20-10-12-21(13-11-20)33-25(27,28)29)24(32)14-23(22)30-15-17-4-2-1-3-5-17;26-19-8-6-18(7-9-19)22-15-30(20-10-12-21(13-11-20)33-25(27,28)29)24(31)14-23(22)32-16-17-4-2-1-3-5-17;25-18-3-1-17(2-4-18)21-16-30(19-5-7-20(8-6-19)34-24(26,27)28)23(31)15-22(21)33-14-11-29-9-12-32-13-10-29;1-24-17-10-18(26)25(11-16(17)12-2-4-13(20)5-3-12)14-6-8-15(9-7-14)27-19(21,22)23/h1-14,16,30H,15H2;1-15H,16H2;1-8,15-16H,9-14H2;2-11,24H,1H3. The summed E-state index contributed by atoms with van der Waals surface area (Å²) in [7, 11) is 1.65. The number of halogens is 16. The fourth-order valence-corrected chi connectivity index (χ4v) is 12.8. The first-order valence-electron chi connectivity index (χ1n) is 38.2. The number of morpholine rings is 1. The lowest BCUT2D eigenvalue weighted by atomic mass is 10.0. The number of ether oxygens (including phenoxy) is 7. The number of nitrogens with one attached hydrogen (secondary N) is 2. The van der Waals surface area contributed by atoms with Crippen LogP contribution in [0.3, 0.4) is 0 Å². The summed E-state index contributed by atoms with van der Waals surface area (Å²) in [6.45, 7) is 4.56. The summed E-state index contributed by atoms with van der Waals surface area (Å²) in [6.07, 6.45) is -13.1. The first-order valence-corrected chi connectivity index (χ1v) is 38.2. The van der Waals surface area contributed by atoms with Crippen LogP contribution in [0.4, 0.5) is 81.6 Å². The van der Waals surface area contributed by atoms with E-state index in [1.54, 1.807) is 68.0 Å². The molecule has 0 bridgehead atoms. The van der Waals surface area contributed by atoms with Gasteiger partial charge in [-0.05, 0) is 179 Å². The van der Waals surface area contributed by atoms with E-state index in [-0.39, 0.29) is 29.2 Å². The summed E-state index contributed by atoms with van der Waals surface area (Å²) in [6, 6.07) is 67.0. The highest BCUT2D eigenvalue weighted by molar-refractivity contribution is 5.79. The third-order valence-electron chi connectivity index (χ3n) is 18.8. The van der Waals surface area contributed by atoms with E-state index < -0.39 is 71.3 Å². The van der Waals surface area contributed by atoms with E-state index >= 15 is 0 Å². The number of pyridine rings is 4. The van der Waals surface area contributed by atoms with E-state index in [0.29, 0.717) is 123 Å². The Hall–Kier alpha value is -14.8. The zero-order valence-electron chi connectivity index (χ0n) is 66.3. The molecule has 0 amide bonds. The van der Waals surface area contributed by atoms with Gasteiger partial charge in [0.2, 0.25) is 0 Å². The highest BCUT2D eigenvalue weighted by Gasteiger charge is 2.34. The van der Waals surface area contributed by atoms with Crippen LogP contribution in [0.1, 0.15) is 11.1 Å². The Kier molecular flexibility index (Phi) is 29.6. The van der Waals surface area contributed by atoms with E-state index in [1.165, 1.54) is 152 Å². The molecule has 34 heteroatoms. The van der Waals surface area contributed by atoms with Gasteiger partial charge in [-0.3, -0.25) is 42.3 Å². The Morgan fingerprint density at radius 2 is 0.630 bits per heavy atom. The topological polar surface area (TPSA) is 180 Å². The lowest BCUT2D eigenvalue weighted by Gasteiger charge is -2.26. The van der Waals surface area contributed by atoms with Gasteiger partial charge in [0.15, 0.2) is 0 Å². The van der Waals surface area contributed by atoms with Crippen molar-refractivity contribution in [2.45, 2.75) is 38.6 Å². The maximum absolute atomic E-state index is 13.5. The molecular formula is C93H71F16N7O11. The molecule has 18 nitrogen and oxygen atoms in total. The summed E-state index contributed by atoms with van der Waals surface area (Å²) in [4.78, 5) is 53.1. The van der Waals surface area contributed by atoms with Crippen molar-refractivity contribution in [1.82, 2.24) is 23.2 Å². The molecule has 1 aliphatic rings. The van der Waals surface area contributed by atoms with Crippen LogP contribution >= 0.6 is 0 Å². The molecule has 5 heterocycles. The van der Waals surface area contributed by atoms with Gasteiger partial charge in [0, 0.05) is 139 Å². The number of nitrogens with zero attached hydrogens (tertiary/aromatic N) is 5. The molecular weight excluding hydrogens is 1700 g/mol. The van der Waals surface area contributed by atoms with Crippen molar-refractivity contribution in [3.05, 3.63) is 380 Å². The van der Waals surface area contributed by atoms with Crippen LogP contribution in [0.15, 0.2) is 323 Å². The number of hydrogen-bond donors (Lipinski definition) is 2. The molecule has 1 fully saturated rings. The Bertz CT molecular complexity index is 6040. The van der Waals surface area contributed by atoms with Gasteiger partial charge in [0.25, 0.3) is 22.2 Å². The van der Waals surface area contributed by atoms with Crippen LogP contribution in [0.5, 0.6) is 34.5 Å². The average molecular weight is 1770 g/mol. The smallest absolute Gasteiger partial charge is 0.491 e. The van der Waals surface area contributed by atoms with Crippen LogP contribution in [-0.2, 0) is 17.9 Å². The van der Waals surface area contributed by atoms with Crippen LogP contribution in [0.2, 0.25) is 0 Å². The molecule has 1 aliphatic heterocycles. The Balaban J connectivity index is 0.000000154. The van der Waals surface area contributed by atoms with Crippen LogP contribution in [-0.4, -0.2) is 95.1 Å². The summed E-state index contributed by atoms with van der Waals surface area (Å²) in [5, 5.41) is 6.16. The molecule has 14 aromatic rings. The van der Waals surface area contributed by atoms with Gasteiger partial charge in [-0.1, -0.05) is 109 Å². The normalized spacial score (nSPS) is 12.2. The monoisotopic (exact) mass is 1770 g/mol. The quantitative estimate of drug-likeness (QED) is 0.0578. The highest BCUT2D eigenvalue weighted by Crippen LogP contribution is 2.37. The molecule has 0 unspecified atom stereocenters. The summed E-state index contributed by atoms with van der Waals surface area (Å²) in [5.41, 5.74) is 7.59. The van der Waals surface area contributed by atoms with Gasteiger partial charge in [-0.2, -0.15) is 0 Å². The van der Waals surface area contributed by atoms with Gasteiger partial charge in [0.05, 0.1) is 13.2 Å². The largest absolute Gasteiger partial charge is 0.573 e. The number of anilines is 2. The maximum Gasteiger partial charge on any atom is 0.573 e. The molecule has 1 saturated heterocycles. The van der Waals surface area contributed by atoms with Crippen molar-refractivity contribution in [2.24, 2.45) is 0 Å². The second-order valence-corrected chi connectivity index (χ2v) is 27.5. The first-order chi connectivity index (χ1) is 60.6. The minimum Gasteiger partial charge on any atom is -0.491 e. The van der Waals surface area contributed by atoms with E-state index in [0.717, 1.165) is 72.7 Å². The molecule has 0 spiro atoms. The molecule has 656 valence electrons. The molecule has 0 aliphatic carbocycles. The number of alkyl halides is 12.